The first kappa shape index (κ1) is 11.8. The molecule has 5 nitrogen and oxygen atoms in total. The maximum absolute atomic E-state index is 5.68. The van der Waals surface area contributed by atoms with Gasteiger partial charge in [0.15, 0.2) is 0 Å². The third kappa shape index (κ3) is 2.09. The summed E-state index contributed by atoms with van der Waals surface area (Å²) in [5.41, 5.74) is 5.62. The van der Waals surface area contributed by atoms with Crippen LogP contribution >= 0.6 is 0 Å². The van der Waals surface area contributed by atoms with E-state index in [4.69, 9.17) is 5.84 Å². The molecule has 0 amide bonds. The van der Waals surface area contributed by atoms with Crippen molar-refractivity contribution in [1.29, 1.82) is 0 Å². The topological polar surface area (TPSA) is 68.8 Å². The minimum absolute atomic E-state index is 0.169. The summed E-state index contributed by atoms with van der Waals surface area (Å²) in [4.78, 5) is 4.66. The van der Waals surface area contributed by atoms with Gasteiger partial charge in [0.05, 0.1) is 16.9 Å². The number of pyridine rings is 1. The fourth-order valence-electron chi connectivity index (χ4n) is 2.23. The van der Waals surface area contributed by atoms with E-state index in [0.29, 0.717) is 0 Å². The molecule has 0 saturated carbocycles. The SMILES string of the molecule is Cn1nccc1C(NN)c1ccc2ccccc2n1. The summed E-state index contributed by atoms with van der Waals surface area (Å²) in [7, 11) is 1.89. The Bertz CT molecular complexity index is 704. The Labute approximate surface area is 111 Å². The lowest BCUT2D eigenvalue weighted by Crippen LogP contribution is -2.31. The lowest BCUT2D eigenvalue weighted by molar-refractivity contribution is 0.565. The fourth-order valence-corrected chi connectivity index (χ4v) is 2.23. The van der Waals surface area contributed by atoms with Crippen molar-refractivity contribution in [3.63, 3.8) is 0 Å². The molecular weight excluding hydrogens is 238 g/mol. The predicted octanol–water partition coefficient (Wildman–Crippen LogP) is 1.52. The number of rotatable bonds is 3. The van der Waals surface area contributed by atoms with Crippen LogP contribution in [0.2, 0.25) is 0 Å². The van der Waals surface area contributed by atoms with E-state index in [0.717, 1.165) is 22.3 Å². The molecule has 0 aliphatic carbocycles. The quantitative estimate of drug-likeness (QED) is 0.548. The number of hydrogen-bond acceptors (Lipinski definition) is 4. The summed E-state index contributed by atoms with van der Waals surface area (Å²) in [5.74, 6) is 5.68. The van der Waals surface area contributed by atoms with Crippen molar-refractivity contribution in [2.45, 2.75) is 6.04 Å². The van der Waals surface area contributed by atoms with Crippen molar-refractivity contribution in [2.75, 3.05) is 0 Å². The number of nitrogens with zero attached hydrogens (tertiary/aromatic N) is 3. The Morgan fingerprint density at radius 1 is 1.16 bits per heavy atom. The molecule has 3 N–H and O–H groups in total. The molecule has 19 heavy (non-hydrogen) atoms. The van der Waals surface area contributed by atoms with Gasteiger partial charge < -0.3 is 0 Å². The second-order valence-corrected chi connectivity index (χ2v) is 4.41. The van der Waals surface area contributed by atoms with Crippen molar-refractivity contribution >= 4 is 10.9 Å². The lowest BCUT2D eigenvalue weighted by atomic mass is 10.1. The van der Waals surface area contributed by atoms with Gasteiger partial charge in [0, 0.05) is 18.6 Å². The number of nitrogens with one attached hydrogen (secondary N) is 1. The highest BCUT2D eigenvalue weighted by atomic mass is 15.3. The molecule has 0 spiro atoms. The van der Waals surface area contributed by atoms with Gasteiger partial charge in [-0.1, -0.05) is 24.3 Å². The summed E-state index contributed by atoms with van der Waals surface area (Å²) in [5, 5.41) is 5.28. The van der Waals surface area contributed by atoms with Crippen LogP contribution in [-0.4, -0.2) is 14.8 Å². The fraction of sp³-hybridized carbons (Fsp3) is 0.143. The summed E-state index contributed by atoms with van der Waals surface area (Å²) >= 11 is 0. The maximum atomic E-state index is 5.68. The number of nitrogens with two attached hydrogens (primary N) is 1. The standard InChI is InChI=1S/C14H15N5/c1-19-13(8-9-16-19)14(18-15)12-7-6-10-4-2-3-5-11(10)17-12/h2-9,14,18H,15H2,1H3. The second kappa shape index (κ2) is 4.79. The first-order chi connectivity index (χ1) is 9.29. The highest BCUT2D eigenvalue weighted by Gasteiger charge is 2.17. The van der Waals surface area contributed by atoms with Gasteiger partial charge in [-0.2, -0.15) is 5.10 Å². The van der Waals surface area contributed by atoms with Gasteiger partial charge in [-0.05, 0) is 18.2 Å². The number of hydrogen-bond donors (Lipinski definition) is 2. The molecule has 3 aromatic rings. The Hall–Kier alpha value is -2.24. The van der Waals surface area contributed by atoms with Crippen LogP contribution in [0.1, 0.15) is 17.4 Å². The maximum Gasteiger partial charge on any atom is 0.105 e. The smallest absolute Gasteiger partial charge is 0.105 e. The van der Waals surface area contributed by atoms with Crippen LogP contribution in [-0.2, 0) is 7.05 Å². The molecule has 2 heterocycles. The van der Waals surface area contributed by atoms with E-state index < -0.39 is 0 Å². The monoisotopic (exact) mass is 253 g/mol. The van der Waals surface area contributed by atoms with Crippen molar-refractivity contribution in [3.05, 3.63) is 60.0 Å². The highest BCUT2D eigenvalue weighted by Crippen LogP contribution is 2.21. The molecule has 0 saturated heterocycles. The lowest BCUT2D eigenvalue weighted by Gasteiger charge is -2.16. The van der Waals surface area contributed by atoms with Crippen LogP contribution in [0.4, 0.5) is 0 Å². The normalized spacial score (nSPS) is 12.7. The Morgan fingerprint density at radius 2 is 2.00 bits per heavy atom. The molecule has 96 valence electrons. The van der Waals surface area contributed by atoms with Gasteiger partial charge in [0.2, 0.25) is 0 Å². The molecule has 0 fully saturated rings. The van der Waals surface area contributed by atoms with Crippen molar-refractivity contribution in [2.24, 2.45) is 12.9 Å². The van der Waals surface area contributed by atoms with E-state index in [1.54, 1.807) is 10.9 Å². The Balaban J connectivity index is 2.09. The summed E-state index contributed by atoms with van der Waals surface area (Å²) in [6.07, 6.45) is 1.75. The van der Waals surface area contributed by atoms with Crippen LogP contribution in [0.3, 0.4) is 0 Å². The summed E-state index contributed by atoms with van der Waals surface area (Å²) in [6, 6.07) is 13.8. The number of para-hydroxylation sites is 1. The van der Waals surface area contributed by atoms with Crippen LogP contribution in [0.15, 0.2) is 48.7 Å². The number of fused-ring (bicyclic) bond motifs is 1. The molecule has 0 radical (unpaired) electrons. The molecule has 0 bridgehead atoms. The molecule has 2 aromatic heterocycles. The molecule has 1 aromatic carbocycles. The zero-order valence-corrected chi connectivity index (χ0v) is 10.6. The number of benzene rings is 1. The molecule has 0 aliphatic heterocycles. The van der Waals surface area contributed by atoms with Gasteiger partial charge >= 0.3 is 0 Å². The zero-order chi connectivity index (χ0) is 13.2. The third-order valence-electron chi connectivity index (χ3n) is 3.24. The first-order valence-electron chi connectivity index (χ1n) is 6.09. The van der Waals surface area contributed by atoms with Gasteiger partial charge in [-0.15, -0.1) is 0 Å². The third-order valence-corrected chi connectivity index (χ3v) is 3.24. The Kier molecular flexibility index (Phi) is 2.98. The van der Waals surface area contributed by atoms with Gasteiger partial charge in [0.1, 0.15) is 6.04 Å². The molecule has 1 atom stereocenters. The number of aromatic nitrogens is 3. The van der Waals surface area contributed by atoms with Crippen LogP contribution in [0.25, 0.3) is 10.9 Å². The van der Waals surface area contributed by atoms with E-state index in [1.807, 2.05) is 43.4 Å². The van der Waals surface area contributed by atoms with Gasteiger partial charge in [-0.25, -0.2) is 5.43 Å². The zero-order valence-electron chi connectivity index (χ0n) is 10.6. The van der Waals surface area contributed by atoms with Crippen LogP contribution in [0, 0.1) is 0 Å². The average molecular weight is 253 g/mol. The largest absolute Gasteiger partial charge is 0.271 e. The van der Waals surface area contributed by atoms with Crippen molar-refractivity contribution < 1.29 is 0 Å². The summed E-state index contributed by atoms with van der Waals surface area (Å²) in [6.45, 7) is 0. The number of hydrazine groups is 1. The minimum Gasteiger partial charge on any atom is -0.271 e. The highest BCUT2D eigenvalue weighted by molar-refractivity contribution is 5.78. The predicted molar refractivity (Wildman–Crippen MR) is 74.1 cm³/mol. The van der Waals surface area contributed by atoms with Crippen LogP contribution in [0.5, 0.6) is 0 Å². The molecule has 3 rings (SSSR count). The van der Waals surface area contributed by atoms with E-state index in [9.17, 15) is 0 Å². The van der Waals surface area contributed by atoms with E-state index in [-0.39, 0.29) is 6.04 Å². The van der Waals surface area contributed by atoms with E-state index in [2.05, 4.69) is 21.6 Å². The van der Waals surface area contributed by atoms with Crippen LogP contribution < -0.4 is 11.3 Å². The first-order valence-corrected chi connectivity index (χ1v) is 6.09. The second-order valence-electron chi connectivity index (χ2n) is 4.41. The van der Waals surface area contributed by atoms with Crippen molar-refractivity contribution in [3.8, 4) is 0 Å². The molecule has 5 heteroatoms. The summed E-state index contributed by atoms with van der Waals surface area (Å²) < 4.78 is 1.79. The molecule has 0 aliphatic rings. The van der Waals surface area contributed by atoms with E-state index >= 15 is 0 Å². The van der Waals surface area contributed by atoms with Gasteiger partial charge in [0.25, 0.3) is 0 Å². The molecular formula is C14H15N5. The van der Waals surface area contributed by atoms with Gasteiger partial charge in [-0.3, -0.25) is 15.5 Å². The van der Waals surface area contributed by atoms with E-state index in [1.165, 1.54) is 0 Å². The molecule has 1 unspecified atom stereocenters. The Morgan fingerprint density at radius 3 is 2.74 bits per heavy atom. The number of aryl methyl sites for hydroxylation is 1. The minimum atomic E-state index is -0.169. The van der Waals surface area contributed by atoms with Crippen molar-refractivity contribution in [1.82, 2.24) is 20.2 Å². The average Bonchev–Trinajstić information content (AvgIpc) is 2.86.